The summed E-state index contributed by atoms with van der Waals surface area (Å²) < 4.78 is 5.34. The highest BCUT2D eigenvalue weighted by Gasteiger charge is 2.46. The first kappa shape index (κ1) is 13.3. The summed E-state index contributed by atoms with van der Waals surface area (Å²) >= 11 is 0. The molecule has 1 aliphatic rings. The number of hydrogen-bond acceptors (Lipinski definition) is 4. The third kappa shape index (κ3) is 2.90. The summed E-state index contributed by atoms with van der Waals surface area (Å²) in [6.45, 7) is 0. The van der Waals surface area contributed by atoms with Gasteiger partial charge in [0, 0.05) is 17.8 Å². The highest BCUT2D eigenvalue weighted by atomic mass is 16.6. The van der Waals surface area contributed by atoms with E-state index in [1.54, 1.807) is 24.3 Å². The summed E-state index contributed by atoms with van der Waals surface area (Å²) in [5, 5.41) is 13.5. The van der Waals surface area contributed by atoms with Crippen molar-refractivity contribution in [2.24, 2.45) is 0 Å². The number of nitrogens with zero attached hydrogens (tertiary/aromatic N) is 1. The number of carbonyl (C=O) groups excluding carboxylic acids is 1. The van der Waals surface area contributed by atoms with Crippen LogP contribution in [0.25, 0.3) is 0 Å². The fourth-order valence-corrected chi connectivity index (χ4v) is 2.12. The third-order valence-electron chi connectivity index (χ3n) is 3.20. The normalized spacial score (nSPS) is 19.8. The lowest BCUT2D eigenvalue weighted by Crippen LogP contribution is -2.18. The SMILES string of the molecule is O=C(Nc1ccccc1)[C@H]1O[C@H]1c1cccc([N+](=O)[O-])c1. The maximum atomic E-state index is 12.0. The second-order valence-corrected chi connectivity index (χ2v) is 4.68. The molecule has 1 N–H and O–H groups in total. The maximum absolute atomic E-state index is 12.0. The molecule has 2 aromatic carbocycles. The molecule has 6 heteroatoms. The molecular weight excluding hydrogens is 272 g/mol. The van der Waals surface area contributed by atoms with Crippen LogP contribution in [0.3, 0.4) is 0 Å². The van der Waals surface area contributed by atoms with Gasteiger partial charge in [-0.25, -0.2) is 0 Å². The average molecular weight is 284 g/mol. The Morgan fingerprint density at radius 1 is 1.14 bits per heavy atom. The standard InChI is InChI=1S/C15H12N2O4/c18-15(16-11-6-2-1-3-7-11)14-13(21-14)10-5-4-8-12(9-10)17(19)20/h1-9,13-14H,(H,16,18)/t13-,14-/m0/s1. The molecule has 2 atom stereocenters. The topological polar surface area (TPSA) is 84.8 Å². The monoisotopic (exact) mass is 284 g/mol. The number of para-hydroxylation sites is 1. The number of ether oxygens (including phenoxy) is 1. The number of amides is 1. The van der Waals surface area contributed by atoms with Crippen molar-refractivity contribution in [3.05, 3.63) is 70.3 Å². The van der Waals surface area contributed by atoms with Crippen LogP contribution in [0, 0.1) is 10.1 Å². The van der Waals surface area contributed by atoms with Gasteiger partial charge in [-0.3, -0.25) is 14.9 Å². The molecule has 0 spiro atoms. The van der Waals surface area contributed by atoms with E-state index < -0.39 is 17.1 Å². The molecule has 0 bridgehead atoms. The van der Waals surface area contributed by atoms with Crippen LogP contribution < -0.4 is 5.32 Å². The number of carbonyl (C=O) groups is 1. The van der Waals surface area contributed by atoms with E-state index in [1.807, 2.05) is 18.2 Å². The van der Waals surface area contributed by atoms with Gasteiger partial charge in [0.2, 0.25) is 0 Å². The largest absolute Gasteiger partial charge is 0.354 e. The molecule has 0 radical (unpaired) electrons. The minimum Gasteiger partial charge on any atom is -0.354 e. The smallest absolute Gasteiger partial charge is 0.269 e. The Hall–Kier alpha value is -2.73. The van der Waals surface area contributed by atoms with Gasteiger partial charge >= 0.3 is 0 Å². The Labute approximate surface area is 120 Å². The first-order chi connectivity index (χ1) is 10.1. The lowest BCUT2D eigenvalue weighted by atomic mass is 10.1. The molecule has 1 fully saturated rings. The van der Waals surface area contributed by atoms with Crippen molar-refractivity contribution < 1.29 is 14.5 Å². The number of nitrogens with one attached hydrogen (secondary N) is 1. The molecular formula is C15H12N2O4. The number of anilines is 1. The lowest BCUT2D eigenvalue weighted by molar-refractivity contribution is -0.384. The molecule has 1 heterocycles. The van der Waals surface area contributed by atoms with Crippen LogP contribution in [0.4, 0.5) is 11.4 Å². The summed E-state index contributed by atoms with van der Waals surface area (Å²) in [6, 6.07) is 15.2. The van der Waals surface area contributed by atoms with Crippen LogP contribution in [-0.2, 0) is 9.53 Å². The van der Waals surface area contributed by atoms with Gasteiger partial charge in [-0.1, -0.05) is 30.3 Å². The zero-order chi connectivity index (χ0) is 14.8. The highest BCUT2D eigenvalue weighted by Crippen LogP contribution is 2.40. The summed E-state index contributed by atoms with van der Waals surface area (Å²) in [4.78, 5) is 22.3. The van der Waals surface area contributed by atoms with Gasteiger partial charge in [0.25, 0.3) is 11.6 Å². The Morgan fingerprint density at radius 2 is 1.90 bits per heavy atom. The van der Waals surface area contributed by atoms with E-state index in [-0.39, 0.29) is 11.6 Å². The van der Waals surface area contributed by atoms with Gasteiger partial charge in [-0.2, -0.15) is 0 Å². The number of nitro benzene ring substituents is 1. The van der Waals surface area contributed by atoms with E-state index in [4.69, 9.17) is 4.74 Å². The van der Waals surface area contributed by atoms with Crippen molar-refractivity contribution in [3.8, 4) is 0 Å². The van der Waals surface area contributed by atoms with Crippen LogP contribution in [0.5, 0.6) is 0 Å². The number of epoxide rings is 1. The van der Waals surface area contributed by atoms with E-state index in [0.717, 1.165) is 0 Å². The van der Waals surface area contributed by atoms with Crippen LogP contribution in [0.2, 0.25) is 0 Å². The molecule has 2 aromatic rings. The van der Waals surface area contributed by atoms with Gasteiger partial charge < -0.3 is 10.1 Å². The van der Waals surface area contributed by atoms with Crippen molar-refractivity contribution in [1.29, 1.82) is 0 Å². The molecule has 106 valence electrons. The average Bonchev–Trinajstić information content (AvgIpc) is 3.29. The molecule has 3 rings (SSSR count). The molecule has 21 heavy (non-hydrogen) atoms. The fourth-order valence-electron chi connectivity index (χ4n) is 2.12. The summed E-state index contributed by atoms with van der Waals surface area (Å²) in [5.41, 5.74) is 1.32. The summed E-state index contributed by atoms with van der Waals surface area (Å²) in [5.74, 6) is -0.252. The predicted molar refractivity (Wildman–Crippen MR) is 75.8 cm³/mol. The molecule has 1 aliphatic heterocycles. The molecule has 0 unspecified atom stereocenters. The molecule has 1 saturated heterocycles. The van der Waals surface area contributed by atoms with E-state index >= 15 is 0 Å². The third-order valence-corrected chi connectivity index (χ3v) is 3.20. The summed E-state index contributed by atoms with van der Waals surface area (Å²) in [6.07, 6.45) is -1.03. The van der Waals surface area contributed by atoms with Crippen LogP contribution >= 0.6 is 0 Å². The fraction of sp³-hybridized carbons (Fsp3) is 0.133. The predicted octanol–water partition coefficient (Wildman–Crippen LogP) is 2.67. The van der Waals surface area contributed by atoms with Crippen LogP contribution in [-0.4, -0.2) is 16.9 Å². The second kappa shape index (κ2) is 5.34. The number of rotatable bonds is 4. The maximum Gasteiger partial charge on any atom is 0.269 e. The number of hydrogen-bond donors (Lipinski definition) is 1. The first-order valence-electron chi connectivity index (χ1n) is 6.41. The highest BCUT2D eigenvalue weighted by molar-refractivity contribution is 5.96. The van der Waals surface area contributed by atoms with E-state index in [0.29, 0.717) is 11.3 Å². The Kier molecular flexibility index (Phi) is 3.37. The van der Waals surface area contributed by atoms with Crippen molar-refractivity contribution in [2.75, 3.05) is 5.32 Å². The Bertz CT molecular complexity index is 687. The van der Waals surface area contributed by atoms with Gasteiger partial charge in [0.05, 0.1) is 4.92 Å². The number of non-ortho nitro benzene ring substituents is 1. The summed E-state index contributed by atoms with van der Waals surface area (Å²) in [7, 11) is 0. The zero-order valence-electron chi connectivity index (χ0n) is 10.9. The zero-order valence-corrected chi connectivity index (χ0v) is 10.9. The molecule has 0 saturated carbocycles. The Balaban J connectivity index is 1.67. The van der Waals surface area contributed by atoms with E-state index in [1.165, 1.54) is 12.1 Å². The molecule has 0 aliphatic carbocycles. The second-order valence-electron chi connectivity index (χ2n) is 4.68. The van der Waals surface area contributed by atoms with Crippen molar-refractivity contribution >= 4 is 17.3 Å². The minimum atomic E-state index is -0.604. The minimum absolute atomic E-state index is 0.00906. The van der Waals surface area contributed by atoms with Crippen LogP contribution in [0.1, 0.15) is 11.7 Å². The molecule has 6 nitrogen and oxygen atoms in total. The number of nitro groups is 1. The van der Waals surface area contributed by atoms with Gasteiger partial charge in [-0.05, 0) is 17.7 Å². The van der Waals surface area contributed by atoms with E-state index in [9.17, 15) is 14.9 Å². The first-order valence-corrected chi connectivity index (χ1v) is 6.41. The Morgan fingerprint density at radius 3 is 2.62 bits per heavy atom. The van der Waals surface area contributed by atoms with Crippen molar-refractivity contribution in [3.63, 3.8) is 0 Å². The quantitative estimate of drug-likeness (QED) is 0.531. The van der Waals surface area contributed by atoms with Crippen molar-refractivity contribution in [2.45, 2.75) is 12.2 Å². The van der Waals surface area contributed by atoms with Gasteiger partial charge in [-0.15, -0.1) is 0 Å². The number of benzene rings is 2. The van der Waals surface area contributed by atoms with Crippen molar-refractivity contribution in [1.82, 2.24) is 0 Å². The molecule has 1 amide bonds. The lowest BCUT2D eigenvalue weighted by Gasteiger charge is -2.02. The van der Waals surface area contributed by atoms with Crippen LogP contribution in [0.15, 0.2) is 54.6 Å². The van der Waals surface area contributed by atoms with E-state index in [2.05, 4.69) is 5.32 Å². The van der Waals surface area contributed by atoms with Gasteiger partial charge in [0.15, 0.2) is 6.10 Å². The van der Waals surface area contributed by atoms with Gasteiger partial charge in [0.1, 0.15) is 6.10 Å². The molecule has 0 aromatic heterocycles.